The molecule has 0 saturated carbocycles. The van der Waals surface area contributed by atoms with E-state index in [1.807, 2.05) is 0 Å². The third-order valence-corrected chi connectivity index (χ3v) is 1.84. The quantitative estimate of drug-likeness (QED) is 0.526. The fourth-order valence-electron chi connectivity index (χ4n) is 0. The number of carbonyl (C=O) groups is 1. The van der Waals surface area contributed by atoms with Gasteiger partial charge in [0, 0.05) is 12.5 Å². The van der Waals surface area contributed by atoms with E-state index in [1.165, 1.54) is 0 Å². The summed E-state index contributed by atoms with van der Waals surface area (Å²) in [4.78, 5) is 9.00. The number of hydrogen-bond acceptors (Lipinski definition) is 2. The average molecular weight is 162 g/mol. The smallest absolute Gasteiger partial charge is 0.410 e. The minimum atomic E-state index is -0.833. The zero-order chi connectivity index (χ0) is 8.78. The fraction of sp³-hybridized carbons (Fsp3) is 0.833. The summed E-state index contributed by atoms with van der Waals surface area (Å²) in [6.07, 6.45) is 0. The van der Waals surface area contributed by atoms with Crippen LogP contribution in [0.1, 0.15) is 27.7 Å². The van der Waals surface area contributed by atoms with Crippen LogP contribution in [0.25, 0.3) is 0 Å². The highest BCUT2D eigenvalue weighted by molar-refractivity contribution is 5.98. The van der Waals surface area contributed by atoms with Crippen LogP contribution >= 0.6 is 0 Å². The molecular formula is C6H15AlO3. The van der Waals surface area contributed by atoms with E-state index in [4.69, 9.17) is 13.7 Å². The molecule has 0 aliphatic carbocycles. The Kier molecular flexibility index (Phi) is 7.23. The first kappa shape index (κ1) is 12.6. The Hall–Kier alpha value is -0.0375. The Bertz CT molecular complexity index is 91.7. The molecule has 0 saturated heterocycles. The van der Waals surface area contributed by atoms with Crippen molar-refractivity contribution in [2.24, 2.45) is 0 Å². The van der Waals surface area contributed by atoms with Crippen LogP contribution in [0.4, 0.5) is 0 Å². The predicted molar refractivity (Wildman–Crippen MR) is 42.7 cm³/mol. The molecule has 4 heteroatoms. The van der Waals surface area contributed by atoms with Crippen molar-refractivity contribution in [3.05, 3.63) is 0 Å². The Morgan fingerprint density at radius 1 is 1.50 bits per heavy atom. The van der Waals surface area contributed by atoms with E-state index in [2.05, 4.69) is 20.8 Å². The van der Waals surface area contributed by atoms with Gasteiger partial charge in [-0.15, -0.1) is 0 Å². The lowest BCUT2D eigenvalue weighted by Gasteiger charge is -2.16. The predicted octanol–water partition coefficient (Wildman–Crippen LogP) is 0.440. The van der Waals surface area contributed by atoms with E-state index in [0.717, 1.165) is 23.5 Å². The van der Waals surface area contributed by atoms with Crippen LogP contribution in [0.15, 0.2) is 0 Å². The summed E-state index contributed by atoms with van der Waals surface area (Å²) in [6.45, 7) is 7.25. The van der Waals surface area contributed by atoms with Gasteiger partial charge in [-0.1, -0.05) is 0 Å². The largest absolute Gasteiger partial charge is 0.502 e. The summed E-state index contributed by atoms with van der Waals surface area (Å²) >= 11 is 0.848. The van der Waals surface area contributed by atoms with Gasteiger partial charge in [0.2, 0.25) is 0 Å². The molecule has 10 heavy (non-hydrogen) atoms. The molecule has 0 spiro atoms. The second-order valence-corrected chi connectivity index (χ2v) is 3.24. The van der Waals surface area contributed by atoms with Crippen LogP contribution in [0, 0.1) is 0 Å². The van der Waals surface area contributed by atoms with E-state index >= 15 is 0 Å². The lowest BCUT2D eigenvalue weighted by atomic mass is 10.2. The second kappa shape index (κ2) is 5.73. The van der Waals surface area contributed by atoms with Gasteiger partial charge in [-0.3, -0.25) is 4.79 Å². The fourth-order valence-corrected chi connectivity index (χ4v) is 0. The van der Waals surface area contributed by atoms with E-state index in [9.17, 15) is 0 Å². The Labute approximate surface area is 70.1 Å². The van der Waals surface area contributed by atoms with Gasteiger partial charge in [0.15, 0.2) is 0 Å². The van der Waals surface area contributed by atoms with Gasteiger partial charge in [0.1, 0.15) is 0 Å². The van der Waals surface area contributed by atoms with Gasteiger partial charge < -0.3 is 8.90 Å². The standard InChI is InChI=1S/C4H9O.C2H4O2.Al.2H/c1-4(2,3)5;1-2(3)4;;;/h1-3H3;1H3,(H,3,4);;;/q-1;;+1;;. The SMILES string of the molecule is CC(=O)O.CC(C)(C)[O][AlH2]. The molecule has 0 fully saturated rings. The van der Waals surface area contributed by atoms with Crippen molar-refractivity contribution in [1.82, 2.24) is 0 Å². The monoisotopic (exact) mass is 162 g/mol. The number of carboxylic acids is 1. The normalized spacial score (nSPS) is 9.60. The van der Waals surface area contributed by atoms with Crippen molar-refractivity contribution in [3.63, 3.8) is 0 Å². The highest BCUT2D eigenvalue weighted by Gasteiger charge is 2.02. The lowest BCUT2D eigenvalue weighted by Crippen LogP contribution is -2.16. The van der Waals surface area contributed by atoms with Crippen LogP contribution in [0.2, 0.25) is 0 Å². The topological polar surface area (TPSA) is 46.5 Å². The highest BCUT2D eigenvalue weighted by Crippen LogP contribution is 2.01. The van der Waals surface area contributed by atoms with E-state index in [-0.39, 0.29) is 5.60 Å². The third kappa shape index (κ3) is 44.0. The molecule has 0 rings (SSSR count). The Balaban J connectivity index is 0. The average Bonchev–Trinajstić information content (AvgIpc) is 1.63. The van der Waals surface area contributed by atoms with Gasteiger partial charge >= 0.3 is 16.6 Å². The zero-order valence-electron chi connectivity index (χ0n) is 7.26. The first-order chi connectivity index (χ1) is 4.29. The number of carboxylic acid groups (broad SMARTS) is 1. The summed E-state index contributed by atoms with van der Waals surface area (Å²) in [5.41, 5.74) is 0.103. The maximum atomic E-state index is 9.00. The highest BCUT2D eigenvalue weighted by atomic mass is 27.1. The molecule has 1 N–H and O–H groups in total. The first-order valence-electron chi connectivity index (χ1n) is 3.04. The van der Waals surface area contributed by atoms with Crippen LogP contribution in [-0.4, -0.2) is 33.3 Å². The van der Waals surface area contributed by atoms with Gasteiger partial charge in [0.05, 0.1) is 0 Å². The minimum Gasteiger partial charge on any atom is -0.502 e. The first-order valence-corrected chi connectivity index (χ1v) is 3.86. The molecule has 0 aromatic carbocycles. The van der Waals surface area contributed by atoms with Crippen molar-refractivity contribution < 1.29 is 13.7 Å². The third-order valence-electron chi connectivity index (χ3n) is 0.612. The van der Waals surface area contributed by atoms with Crippen molar-refractivity contribution in [1.29, 1.82) is 0 Å². The summed E-state index contributed by atoms with van der Waals surface area (Å²) in [5, 5.41) is 7.42. The maximum absolute atomic E-state index is 9.00. The molecule has 0 amide bonds. The van der Waals surface area contributed by atoms with Crippen molar-refractivity contribution in [2.45, 2.75) is 33.3 Å². The second-order valence-electron chi connectivity index (χ2n) is 2.84. The summed E-state index contributed by atoms with van der Waals surface area (Å²) in [5.74, 6) is -0.833. The molecule has 0 bridgehead atoms. The number of aliphatic carboxylic acids is 1. The van der Waals surface area contributed by atoms with Crippen LogP contribution < -0.4 is 0 Å². The minimum absolute atomic E-state index is 0.103. The summed E-state index contributed by atoms with van der Waals surface area (Å²) < 4.78 is 5.08. The van der Waals surface area contributed by atoms with Gasteiger partial charge in [0.25, 0.3) is 5.97 Å². The number of rotatable bonds is 0. The Morgan fingerprint density at radius 3 is 1.60 bits per heavy atom. The van der Waals surface area contributed by atoms with E-state index < -0.39 is 5.97 Å². The molecule has 0 aliphatic rings. The molecular weight excluding hydrogens is 147 g/mol. The molecule has 0 atom stereocenters. The van der Waals surface area contributed by atoms with Gasteiger partial charge in [-0.05, 0) is 20.8 Å². The van der Waals surface area contributed by atoms with E-state index in [0.29, 0.717) is 0 Å². The van der Waals surface area contributed by atoms with Crippen LogP contribution in [-0.2, 0) is 8.58 Å². The van der Waals surface area contributed by atoms with Crippen molar-refractivity contribution >= 4 is 22.6 Å². The molecule has 0 aromatic rings. The van der Waals surface area contributed by atoms with E-state index in [1.54, 1.807) is 0 Å². The van der Waals surface area contributed by atoms with Crippen molar-refractivity contribution in [3.8, 4) is 0 Å². The molecule has 3 nitrogen and oxygen atoms in total. The molecule has 0 aromatic heterocycles. The molecule has 0 unspecified atom stereocenters. The molecule has 0 heterocycles. The Morgan fingerprint density at radius 2 is 1.60 bits per heavy atom. The lowest BCUT2D eigenvalue weighted by molar-refractivity contribution is -0.134. The number of hydrogen-bond donors (Lipinski definition) is 1. The molecule has 0 aliphatic heterocycles. The van der Waals surface area contributed by atoms with Gasteiger partial charge in [-0.2, -0.15) is 0 Å². The van der Waals surface area contributed by atoms with Crippen molar-refractivity contribution in [2.75, 3.05) is 0 Å². The molecule has 60 valence electrons. The summed E-state index contributed by atoms with van der Waals surface area (Å²) in [7, 11) is 0. The van der Waals surface area contributed by atoms with Crippen LogP contribution in [0.3, 0.4) is 0 Å². The van der Waals surface area contributed by atoms with Gasteiger partial charge in [-0.25, -0.2) is 0 Å². The zero-order valence-corrected chi connectivity index (χ0v) is 9.26. The maximum Gasteiger partial charge on any atom is 0.410 e. The summed E-state index contributed by atoms with van der Waals surface area (Å²) in [6, 6.07) is 0. The molecule has 0 radical (unpaired) electrons. The van der Waals surface area contributed by atoms with Crippen LogP contribution in [0.5, 0.6) is 0 Å².